The summed E-state index contributed by atoms with van der Waals surface area (Å²) in [4.78, 5) is 27.7. The van der Waals surface area contributed by atoms with Gasteiger partial charge in [0.15, 0.2) is 0 Å². The highest BCUT2D eigenvalue weighted by molar-refractivity contribution is 7.51. The summed E-state index contributed by atoms with van der Waals surface area (Å²) >= 11 is 0. The summed E-state index contributed by atoms with van der Waals surface area (Å²) in [7, 11) is -4.01. The highest BCUT2D eigenvalue weighted by atomic mass is 31.2. The van der Waals surface area contributed by atoms with Crippen LogP contribution in [0.1, 0.15) is 6.92 Å². The van der Waals surface area contributed by atoms with E-state index in [4.69, 9.17) is 9.79 Å². The highest BCUT2D eigenvalue weighted by Gasteiger charge is 2.08. The van der Waals surface area contributed by atoms with Crippen LogP contribution in [0.5, 0.6) is 0 Å². The van der Waals surface area contributed by atoms with Crippen molar-refractivity contribution < 1.29 is 19.1 Å². The molecule has 1 amide bonds. The molecule has 0 aromatic heterocycles. The first-order chi connectivity index (χ1) is 5.83. The van der Waals surface area contributed by atoms with E-state index in [1.54, 1.807) is 0 Å². The minimum atomic E-state index is -4.01. The van der Waals surface area contributed by atoms with Crippen LogP contribution in [0.4, 0.5) is 0 Å². The monoisotopic (exact) mass is 205 g/mol. The molecule has 0 aliphatic heterocycles. The summed E-state index contributed by atoms with van der Waals surface area (Å²) in [6.07, 6.45) is 2.00. The molecule has 0 saturated carbocycles. The van der Waals surface area contributed by atoms with Gasteiger partial charge in [-0.15, -0.1) is 0 Å². The fourth-order valence-electron chi connectivity index (χ4n) is 0.448. The van der Waals surface area contributed by atoms with E-state index in [0.717, 1.165) is 0 Å². The number of hydrogen-bond donors (Lipinski definition) is 3. The number of hydrogen-bond acceptors (Lipinski definition) is 2. The number of allylic oxidation sites excluding steroid dienone is 1. The largest absolute Gasteiger partial charge is 0.329 e. The van der Waals surface area contributed by atoms with Crippen molar-refractivity contribution in [1.82, 2.24) is 5.32 Å². The molecule has 0 aliphatic carbocycles. The van der Waals surface area contributed by atoms with Gasteiger partial charge in [-0.2, -0.15) is 0 Å². The summed E-state index contributed by atoms with van der Waals surface area (Å²) in [6.45, 7) is 4.92. The minimum absolute atomic E-state index is 0.334. The maximum absolute atomic E-state index is 10.8. The number of rotatable bonds is 4. The molecule has 0 aliphatic rings. The molecule has 5 nitrogen and oxygen atoms in total. The number of amides is 1. The maximum Gasteiger partial charge on any atom is 0.329 e. The molecule has 0 atom stereocenters. The average Bonchev–Trinajstić information content (AvgIpc) is 1.95. The van der Waals surface area contributed by atoms with Gasteiger partial charge in [0.2, 0.25) is 5.91 Å². The number of carbonyl (C=O) groups excluding carboxylic acids is 1. The van der Waals surface area contributed by atoms with Gasteiger partial charge < -0.3 is 15.1 Å². The predicted molar refractivity (Wildman–Crippen MR) is 49.0 cm³/mol. The third-order valence-electron chi connectivity index (χ3n) is 1.06. The second-order valence-electron chi connectivity index (χ2n) is 2.50. The van der Waals surface area contributed by atoms with E-state index in [0.29, 0.717) is 5.57 Å². The summed E-state index contributed by atoms with van der Waals surface area (Å²) in [6, 6.07) is 0. The summed E-state index contributed by atoms with van der Waals surface area (Å²) in [5, 5.41) is 2.29. The van der Waals surface area contributed by atoms with Crippen LogP contribution < -0.4 is 5.32 Å². The van der Waals surface area contributed by atoms with E-state index >= 15 is 0 Å². The third-order valence-corrected chi connectivity index (χ3v) is 1.75. The summed E-state index contributed by atoms with van der Waals surface area (Å²) < 4.78 is 10.3. The van der Waals surface area contributed by atoms with Crippen molar-refractivity contribution in [3.63, 3.8) is 0 Å². The minimum Gasteiger partial charge on any atom is -0.329 e. The Morgan fingerprint density at radius 2 is 2.15 bits per heavy atom. The molecule has 6 heteroatoms. The molecular weight excluding hydrogens is 193 g/mol. The molecule has 0 fully saturated rings. The standard InChI is InChI=1S/C7H12NO4P/c1-6(2)7(9)8-4-3-5-13(10,11)12/h3-4H,1,5H2,2H3,(H,8,9)(H2,10,11,12). The molecular formula is C7H12NO4P. The van der Waals surface area contributed by atoms with Gasteiger partial charge >= 0.3 is 7.60 Å². The van der Waals surface area contributed by atoms with Crippen LogP contribution in [0.2, 0.25) is 0 Å². The lowest BCUT2D eigenvalue weighted by Gasteiger charge is -1.98. The van der Waals surface area contributed by atoms with Gasteiger partial charge in [0.1, 0.15) is 0 Å². The molecule has 0 unspecified atom stereocenters. The lowest BCUT2D eigenvalue weighted by atomic mass is 10.3. The Morgan fingerprint density at radius 1 is 1.62 bits per heavy atom. The maximum atomic E-state index is 10.8. The first kappa shape index (κ1) is 12.1. The fraction of sp³-hybridized carbons (Fsp3) is 0.286. The molecule has 0 saturated heterocycles. The van der Waals surface area contributed by atoms with E-state index in [1.165, 1.54) is 19.2 Å². The van der Waals surface area contributed by atoms with E-state index < -0.39 is 7.60 Å². The Bertz CT molecular complexity index is 278. The molecule has 0 radical (unpaired) electrons. The van der Waals surface area contributed by atoms with Crippen molar-refractivity contribution in [2.75, 3.05) is 6.16 Å². The molecule has 13 heavy (non-hydrogen) atoms. The van der Waals surface area contributed by atoms with Crippen molar-refractivity contribution in [2.45, 2.75) is 6.92 Å². The van der Waals surface area contributed by atoms with Crippen molar-refractivity contribution >= 4 is 13.5 Å². The zero-order chi connectivity index (χ0) is 10.5. The molecule has 0 bridgehead atoms. The van der Waals surface area contributed by atoms with Gasteiger partial charge in [0.05, 0.1) is 6.16 Å². The zero-order valence-electron chi connectivity index (χ0n) is 7.23. The predicted octanol–water partition coefficient (Wildman–Crippen LogP) is 0.370. The van der Waals surface area contributed by atoms with Crippen LogP contribution in [-0.2, 0) is 9.36 Å². The van der Waals surface area contributed by atoms with Gasteiger partial charge in [-0.05, 0) is 6.92 Å². The van der Waals surface area contributed by atoms with Gasteiger partial charge in [-0.3, -0.25) is 9.36 Å². The highest BCUT2D eigenvalue weighted by Crippen LogP contribution is 2.33. The van der Waals surface area contributed by atoms with Crippen LogP contribution in [0.15, 0.2) is 24.4 Å². The molecule has 0 aromatic rings. The lowest BCUT2D eigenvalue weighted by Crippen LogP contribution is -2.17. The Labute approximate surface area is 76.3 Å². The summed E-state index contributed by atoms with van der Waals surface area (Å²) in [5.41, 5.74) is 0.334. The van der Waals surface area contributed by atoms with E-state index in [-0.39, 0.29) is 12.1 Å². The molecule has 0 rings (SSSR count). The quantitative estimate of drug-likeness (QED) is 0.457. The van der Waals surface area contributed by atoms with Crippen molar-refractivity contribution in [1.29, 1.82) is 0 Å². The Morgan fingerprint density at radius 3 is 2.54 bits per heavy atom. The molecule has 0 aromatic carbocycles. The van der Waals surface area contributed by atoms with Crippen molar-refractivity contribution in [3.05, 3.63) is 24.4 Å². The van der Waals surface area contributed by atoms with E-state index in [9.17, 15) is 9.36 Å². The first-order valence-electron chi connectivity index (χ1n) is 3.49. The SMILES string of the molecule is C=C(C)C(=O)NC=CCP(=O)(O)O. The number of carbonyl (C=O) groups is 1. The van der Waals surface area contributed by atoms with Crippen molar-refractivity contribution in [2.24, 2.45) is 0 Å². The van der Waals surface area contributed by atoms with Crippen molar-refractivity contribution in [3.8, 4) is 0 Å². The molecule has 0 heterocycles. The topological polar surface area (TPSA) is 86.6 Å². The van der Waals surface area contributed by atoms with Gasteiger partial charge in [-0.25, -0.2) is 0 Å². The fourth-order valence-corrected chi connectivity index (χ4v) is 0.828. The summed E-state index contributed by atoms with van der Waals surface area (Å²) in [5.74, 6) is -0.373. The van der Waals surface area contributed by atoms with Crippen LogP contribution >= 0.6 is 7.60 Å². The van der Waals surface area contributed by atoms with Gasteiger partial charge in [0, 0.05) is 11.8 Å². The third kappa shape index (κ3) is 7.46. The van der Waals surface area contributed by atoms with Crippen LogP contribution in [0.25, 0.3) is 0 Å². The molecule has 0 spiro atoms. The van der Waals surface area contributed by atoms with E-state index in [1.807, 2.05) is 0 Å². The van der Waals surface area contributed by atoms with Crippen LogP contribution in [0, 0.1) is 0 Å². The lowest BCUT2D eigenvalue weighted by molar-refractivity contribution is -0.116. The Hall–Kier alpha value is -0.900. The Kier molecular flexibility index (Phi) is 4.62. The second-order valence-corrected chi connectivity index (χ2v) is 4.20. The van der Waals surface area contributed by atoms with Crippen LogP contribution in [-0.4, -0.2) is 21.9 Å². The molecule has 3 N–H and O–H groups in total. The van der Waals surface area contributed by atoms with Crippen LogP contribution in [0.3, 0.4) is 0 Å². The normalized spacial score (nSPS) is 11.6. The van der Waals surface area contributed by atoms with E-state index in [2.05, 4.69) is 11.9 Å². The van der Waals surface area contributed by atoms with Gasteiger partial charge in [-0.1, -0.05) is 12.7 Å². The second kappa shape index (κ2) is 4.97. The molecule has 74 valence electrons. The smallest absolute Gasteiger partial charge is 0.329 e. The number of nitrogens with one attached hydrogen (secondary N) is 1. The first-order valence-corrected chi connectivity index (χ1v) is 5.28. The average molecular weight is 205 g/mol. The zero-order valence-corrected chi connectivity index (χ0v) is 8.12. The van der Waals surface area contributed by atoms with Gasteiger partial charge in [0.25, 0.3) is 0 Å². The Balaban J connectivity index is 3.84.